The first-order valence-corrected chi connectivity index (χ1v) is 4.76. The minimum atomic E-state index is -0.263. The maximum Gasteiger partial charge on any atom is 0.238 e. The summed E-state index contributed by atoms with van der Waals surface area (Å²) < 4.78 is 18.1. The van der Waals surface area contributed by atoms with Crippen LogP contribution >= 0.6 is 15.9 Å². The van der Waals surface area contributed by atoms with Crippen molar-refractivity contribution in [2.75, 3.05) is 0 Å². The van der Waals surface area contributed by atoms with Crippen molar-refractivity contribution in [2.45, 2.75) is 6.42 Å². The average molecular weight is 257 g/mol. The van der Waals surface area contributed by atoms with Gasteiger partial charge in [0.05, 0.1) is 6.42 Å². The second kappa shape index (κ2) is 3.88. The normalized spacial score (nSPS) is 10.4. The zero-order valence-electron chi connectivity index (χ0n) is 7.08. The third-order valence-electron chi connectivity index (χ3n) is 1.69. The number of benzene rings is 1. The molecule has 0 aliphatic rings. The number of hydrogen-bond acceptors (Lipinski definition) is 3. The number of rotatable bonds is 2. The van der Waals surface area contributed by atoms with Gasteiger partial charge in [0, 0.05) is 0 Å². The topological polar surface area (TPSA) is 38.9 Å². The summed E-state index contributed by atoms with van der Waals surface area (Å²) in [6.07, 6.45) is 0.441. The molecule has 2 rings (SSSR count). The Morgan fingerprint density at radius 1 is 1.43 bits per heavy atom. The molecule has 3 nitrogen and oxygen atoms in total. The minimum Gasteiger partial charge on any atom is -0.338 e. The molecule has 1 aromatic heterocycles. The third-order valence-corrected chi connectivity index (χ3v) is 2.01. The molecular formula is C9H6BrFN2O. The zero-order chi connectivity index (χ0) is 9.97. The van der Waals surface area contributed by atoms with Gasteiger partial charge < -0.3 is 4.52 Å². The summed E-state index contributed by atoms with van der Waals surface area (Å²) in [6, 6.07) is 6.29. The molecule has 72 valence electrons. The molecule has 14 heavy (non-hydrogen) atoms. The predicted molar refractivity (Wildman–Crippen MR) is 51.2 cm³/mol. The van der Waals surface area contributed by atoms with Crippen molar-refractivity contribution in [3.63, 3.8) is 0 Å². The van der Waals surface area contributed by atoms with Crippen LogP contribution in [0.25, 0.3) is 0 Å². The molecule has 0 bridgehead atoms. The number of halogens is 2. The summed E-state index contributed by atoms with van der Waals surface area (Å²) >= 11 is 3.07. The Kier molecular flexibility index (Phi) is 2.58. The molecule has 0 unspecified atom stereocenters. The van der Waals surface area contributed by atoms with E-state index in [0.717, 1.165) is 5.56 Å². The van der Waals surface area contributed by atoms with Crippen LogP contribution in [0.4, 0.5) is 4.39 Å². The molecule has 0 saturated heterocycles. The Hall–Kier alpha value is -1.23. The van der Waals surface area contributed by atoms with E-state index in [0.29, 0.717) is 17.0 Å². The van der Waals surface area contributed by atoms with Crippen LogP contribution in [-0.2, 0) is 6.42 Å². The Labute approximate surface area is 88.1 Å². The van der Waals surface area contributed by atoms with Gasteiger partial charge in [-0.3, -0.25) is 0 Å². The SMILES string of the molecule is Fc1cccc(Cc2nc(Br)no2)c1. The summed E-state index contributed by atoms with van der Waals surface area (Å²) in [5, 5.41) is 3.57. The monoisotopic (exact) mass is 256 g/mol. The van der Waals surface area contributed by atoms with Crippen LogP contribution in [0.5, 0.6) is 0 Å². The Morgan fingerprint density at radius 2 is 2.29 bits per heavy atom. The van der Waals surface area contributed by atoms with Gasteiger partial charge in [-0.2, -0.15) is 4.98 Å². The van der Waals surface area contributed by atoms with Crippen molar-refractivity contribution < 1.29 is 8.91 Å². The lowest BCUT2D eigenvalue weighted by Crippen LogP contribution is -1.88. The van der Waals surface area contributed by atoms with Gasteiger partial charge in [0.15, 0.2) is 0 Å². The van der Waals surface area contributed by atoms with Gasteiger partial charge in [-0.25, -0.2) is 4.39 Å². The highest BCUT2D eigenvalue weighted by atomic mass is 79.9. The maximum atomic E-state index is 12.8. The Balaban J connectivity index is 2.18. The molecule has 1 aromatic carbocycles. The quantitative estimate of drug-likeness (QED) is 0.829. The first-order valence-electron chi connectivity index (χ1n) is 3.96. The molecule has 0 radical (unpaired) electrons. The van der Waals surface area contributed by atoms with Crippen molar-refractivity contribution in [1.29, 1.82) is 0 Å². The average Bonchev–Trinajstić information content (AvgIpc) is 2.51. The minimum absolute atomic E-state index is 0.263. The van der Waals surface area contributed by atoms with Crippen LogP contribution < -0.4 is 0 Å². The van der Waals surface area contributed by atoms with E-state index in [1.165, 1.54) is 12.1 Å². The second-order valence-electron chi connectivity index (χ2n) is 2.76. The van der Waals surface area contributed by atoms with E-state index < -0.39 is 0 Å². The molecule has 0 fully saturated rings. The van der Waals surface area contributed by atoms with Crippen LogP contribution in [0, 0.1) is 5.82 Å². The fraction of sp³-hybridized carbons (Fsp3) is 0.111. The Morgan fingerprint density at radius 3 is 2.93 bits per heavy atom. The maximum absolute atomic E-state index is 12.8. The Bertz CT molecular complexity index is 444. The molecule has 0 atom stereocenters. The zero-order valence-corrected chi connectivity index (χ0v) is 8.66. The molecule has 0 amide bonds. The van der Waals surface area contributed by atoms with Crippen molar-refractivity contribution in [1.82, 2.24) is 10.1 Å². The summed E-state index contributed by atoms with van der Waals surface area (Å²) in [4.78, 5) is 3.95. The smallest absolute Gasteiger partial charge is 0.238 e. The van der Waals surface area contributed by atoms with E-state index in [1.807, 2.05) is 0 Å². The highest BCUT2D eigenvalue weighted by Gasteiger charge is 2.04. The molecule has 0 spiro atoms. The van der Waals surface area contributed by atoms with Crippen LogP contribution in [0.3, 0.4) is 0 Å². The van der Waals surface area contributed by atoms with Gasteiger partial charge in [-0.1, -0.05) is 12.1 Å². The van der Waals surface area contributed by atoms with Gasteiger partial charge >= 0.3 is 0 Å². The summed E-state index contributed by atoms with van der Waals surface area (Å²) in [7, 11) is 0. The van der Waals surface area contributed by atoms with Gasteiger partial charge in [0.1, 0.15) is 5.82 Å². The molecule has 5 heteroatoms. The van der Waals surface area contributed by atoms with Crippen LogP contribution in [0.1, 0.15) is 11.5 Å². The number of aromatic nitrogens is 2. The molecule has 1 heterocycles. The van der Waals surface area contributed by atoms with Crippen LogP contribution in [0.15, 0.2) is 33.5 Å². The van der Waals surface area contributed by atoms with Crippen molar-refractivity contribution >= 4 is 15.9 Å². The van der Waals surface area contributed by atoms with E-state index in [-0.39, 0.29) is 5.82 Å². The predicted octanol–water partition coefficient (Wildman–Crippen LogP) is 2.56. The van der Waals surface area contributed by atoms with E-state index >= 15 is 0 Å². The number of nitrogens with zero attached hydrogens (tertiary/aromatic N) is 2. The number of hydrogen-bond donors (Lipinski definition) is 0. The summed E-state index contributed by atoms with van der Waals surface area (Å²) in [5.41, 5.74) is 0.807. The van der Waals surface area contributed by atoms with Crippen molar-refractivity contribution in [2.24, 2.45) is 0 Å². The van der Waals surface area contributed by atoms with E-state index in [9.17, 15) is 4.39 Å². The molecule has 0 saturated carbocycles. The largest absolute Gasteiger partial charge is 0.338 e. The molecule has 0 N–H and O–H groups in total. The van der Waals surface area contributed by atoms with Gasteiger partial charge in [-0.05, 0) is 38.8 Å². The molecule has 0 aliphatic heterocycles. The summed E-state index contributed by atoms with van der Waals surface area (Å²) in [5.74, 6) is 0.198. The molecule has 0 aliphatic carbocycles. The van der Waals surface area contributed by atoms with Gasteiger partial charge in [-0.15, -0.1) is 0 Å². The van der Waals surface area contributed by atoms with E-state index in [4.69, 9.17) is 4.52 Å². The first-order chi connectivity index (χ1) is 6.74. The van der Waals surface area contributed by atoms with Gasteiger partial charge in [0.25, 0.3) is 0 Å². The highest BCUT2D eigenvalue weighted by molar-refractivity contribution is 9.10. The lowest BCUT2D eigenvalue weighted by Gasteiger charge is -1.95. The fourth-order valence-corrected chi connectivity index (χ4v) is 1.40. The van der Waals surface area contributed by atoms with E-state index in [1.54, 1.807) is 12.1 Å². The van der Waals surface area contributed by atoms with Crippen LogP contribution in [0.2, 0.25) is 0 Å². The lowest BCUT2D eigenvalue weighted by molar-refractivity contribution is 0.381. The third kappa shape index (κ3) is 2.17. The summed E-state index contributed by atoms with van der Waals surface area (Å²) in [6.45, 7) is 0. The van der Waals surface area contributed by atoms with Gasteiger partial charge in [0.2, 0.25) is 10.6 Å². The highest BCUT2D eigenvalue weighted by Crippen LogP contribution is 2.11. The second-order valence-corrected chi connectivity index (χ2v) is 3.47. The fourth-order valence-electron chi connectivity index (χ4n) is 1.13. The standard InChI is InChI=1S/C9H6BrFN2O/c10-9-12-8(14-13-9)5-6-2-1-3-7(11)4-6/h1-4H,5H2. The van der Waals surface area contributed by atoms with Crippen molar-refractivity contribution in [3.05, 3.63) is 46.3 Å². The molecular weight excluding hydrogens is 251 g/mol. The molecule has 2 aromatic rings. The first kappa shape index (κ1) is 9.33. The van der Waals surface area contributed by atoms with Crippen LogP contribution in [-0.4, -0.2) is 10.1 Å². The van der Waals surface area contributed by atoms with E-state index in [2.05, 4.69) is 26.1 Å². The van der Waals surface area contributed by atoms with Crippen molar-refractivity contribution in [3.8, 4) is 0 Å². The lowest BCUT2D eigenvalue weighted by atomic mass is 10.1.